The van der Waals surface area contributed by atoms with Crippen LogP contribution in [0.3, 0.4) is 0 Å². The van der Waals surface area contributed by atoms with Gasteiger partial charge in [-0.15, -0.1) is 0 Å². The molecule has 0 saturated heterocycles. The third-order valence-electron chi connectivity index (χ3n) is 10.8. The van der Waals surface area contributed by atoms with E-state index in [0.717, 1.165) is 55.6 Å². The molecule has 4 nitrogen and oxygen atoms in total. The highest BCUT2D eigenvalue weighted by Crippen LogP contribution is 2.43. The molecule has 1 aliphatic heterocycles. The fraction of sp³-hybridized carbons (Fsp3) is 0.0200. The van der Waals surface area contributed by atoms with Crippen molar-refractivity contribution in [1.29, 1.82) is 0 Å². The molecule has 10 aromatic rings. The number of nitrogens with zero attached hydrogens (tertiary/aromatic N) is 3. The van der Waals surface area contributed by atoms with Crippen molar-refractivity contribution in [3.63, 3.8) is 0 Å². The van der Waals surface area contributed by atoms with Crippen molar-refractivity contribution >= 4 is 65.7 Å². The molecule has 1 atom stereocenters. The van der Waals surface area contributed by atoms with E-state index in [0.29, 0.717) is 5.84 Å². The second-order valence-corrected chi connectivity index (χ2v) is 14.0. The summed E-state index contributed by atoms with van der Waals surface area (Å²) in [5.74, 6) is 1.49. The van der Waals surface area contributed by atoms with Crippen molar-refractivity contribution < 1.29 is 0 Å². The Bertz CT molecular complexity index is 3130. The average molecular weight is 689 g/mol. The number of aromatic nitrogens is 1. The van der Waals surface area contributed by atoms with Crippen LogP contribution < -0.4 is 5.32 Å². The SMILES string of the molecule is c1ccc(C2=NC(c3cc(-c4nc5ccccc5c5ccccc45)cc(-c4cc5cccc6ccc7cccc4c7c65)c3)NC(c3ccccc3)=N2)cc1. The molecular weight excluding hydrogens is 657 g/mol. The number of aliphatic imine (C=N–C) groups is 2. The third kappa shape index (κ3) is 4.96. The second kappa shape index (κ2) is 12.2. The van der Waals surface area contributed by atoms with Crippen molar-refractivity contribution in [3.8, 4) is 22.4 Å². The summed E-state index contributed by atoms with van der Waals surface area (Å²) in [6.07, 6.45) is -0.408. The van der Waals surface area contributed by atoms with Crippen LogP contribution in [0.25, 0.3) is 76.4 Å². The maximum Gasteiger partial charge on any atom is 0.159 e. The smallest absolute Gasteiger partial charge is 0.159 e. The Morgan fingerprint density at radius 3 is 1.87 bits per heavy atom. The van der Waals surface area contributed by atoms with E-state index in [9.17, 15) is 0 Å². The predicted molar refractivity (Wildman–Crippen MR) is 226 cm³/mol. The Hall–Kier alpha value is -7.17. The highest BCUT2D eigenvalue weighted by molar-refractivity contribution is 6.26. The third-order valence-corrected chi connectivity index (χ3v) is 10.8. The van der Waals surface area contributed by atoms with Crippen LogP contribution in [0, 0.1) is 0 Å². The van der Waals surface area contributed by atoms with Gasteiger partial charge in [0, 0.05) is 27.5 Å². The molecule has 2 heterocycles. The van der Waals surface area contributed by atoms with Gasteiger partial charge >= 0.3 is 0 Å². The van der Waals surface area contributed by atoms with Crippen molar-refractivity contribution in [2.45, 2.75) is 6.17 Å². The van der Waals surface area contributed by atoms with Crippen molar-refractivity contribution in [2.75, 3.05) is 0 Å². The summed E-state index contributed by atoms with van der Waals surface area (Å²) in [7, 11) is 0. The number of fused-ring (bicyclic) bond motifs is 3. The fourth-order valence-electron chi connectivity index (χ4n) is 8.31. The zero-order chi connectivity index (χ0) is 35.6. The molecule has 1 aliphatic rings. The molecule has 54 heavy (non-hydrogen) atoms. The quantitative estimate of drug-likeness (QED) is 0.183. The lowest BCUT2D eigenvalue weighted by Crippen LogP contribution is -2.33. The lowest BCUT2D eigenvalue weighted by molar-refractivity contribution is 0.674. The summed E-state index contributed by atoms with van der Waals surface area (Å²) in [6.45, 7) is 0. The standard InChI is InChI=1S/C50H32N4/c1-3-13-33(14-4-1)48-52-49(34-15-5-2-6-16-34)54-50(53-48)38-28-36(43-30-35-19-11-17-31-25-26-32-18-12-23-41(43)46(32)45(31)35)27-37(29-38)47-42-22-8-7-20-39(42)40-21-9-10-24-44(40)51-47/h1-30,50H,(H,52,53,54). The topological polar surface area (TPSA) is 49.6 Å². The van der Waals surface area contributed by atoms with Gasteiger partial charge in [-0.1, -0.05) is 152 Å². The molecular formula is C50H32N4. The molecule has 1 N–H and O–H groups in total. The van der Waals surface area contributed by atoms with E-state index < -0.39 is 6.17 Å². The van der Waals surface area contributed by atoms with Crippen molar-refractivity contribution in [2.24, 2.45) is 9.98 Å². The molecule has 0 bridgehead atoms. The minimum atomic E-state index is -0.408. The first-order valence-corrected chi connectivity index (χ1v) is 18.4. The average Bonchev–Trinajstić information content (AvgIpc) is 3.25. The maximum atomic E-state index is 5.38. The number of hydrogen-bond acceptors (Lipinski definition) is 4. The molecule has 0 fully saturated rings. The van der Waals surface area contributed by atoms with Crippen LogP contribution in [-0.4, -0.2) is 16.7 Å². The minimum absolute atomic E-state index is 0.408. The number of nitrogens with one attached hydrogen (secondary N) is 1. The van der Waals surface area contributed by atoms with Gasteiger partial charge in [-0.25, -0.2) is 15.0 Å². The van der Waals surface area contributed by atoms with E-state index in [1.165, 1.54) is 43.3 Å². The van der Waals surface area contributed by atoms with E-state index in [1.807, 2.05) is 36.4 Å². The van der Waals surface area contributed by atoms with E-state index in [2.05, 4.69) is 151 Å². The highest BCUT2D eigenvalue weighted by atomic mass is 15.2. The summed E-state index contributed by atoms with van der Waals surface area (Å²) < 4.78 is 0. The van der Waals surface area contributed by atoms with Gasteiger partial charge in [-0.05, 0) is 84.7 Å². The maximum absolute atomic E-state index is 5.38. The zero-order valence-electron chi connectivity index (χ0n) is 29.2. The second-order valence-electron chi connectivity index (χ2n) is 14.0. The lowest BCUT2D eigenvalue weighted by atomic mass is 9.87. The molecule has 0 aliphatic carbocycles. The fourth-order valence-corrected chi connectivity index (χ4v) is 8.31. The van der Waals surface area contributed by atoms with Crippen molar-refractivity contribution in [1.82, 2.24) is 10.3 Å². The van der Waals surface area contributed by atoms with E-state index in [4.69, 9.17) is 15.0 Å². The lowest BCUT2D eigenvalue weighted by Gasteiger charge is -2.25. The van der Waals surface area contributed by atoms with E-state index in [-0.39, 0.29) is 0 Å². The van der Waals surface area contributed by atoms with Crippen LogP contribution in [-0.2, 0) is 0 Å². The van der Waals surface area contributed by atoms with Crippen LogP contribution in [0.4, 0.5) is 0 Å². The summed E-state index contributed by atoms with van der Waals surface area (Å²) in [5.41, 5.74) is 8.27. The monoisotopic (exact) mass is 688 g/mol. The number of benzene rings is 9. The first kappa shape index (κ1) is 30.5. The van der Waals surface area contributed by atoms with Gasteiger partial charge in [0.15, 0.2) is 5.84 Å². The Balaban J connectivity index is 1.20. The molecule has 9 aromatic carbocycles. The molecule has 4 heteroatoms. The van der Waals surface area contributed by atoms with Gasteiger partial charge in [-0.3, -0.25) is 0 Å². The van der Waals surface area contributed by atoms with Crippen LogP contribution in [0.15, 0.2) is 192 Å². The van der Waals surface area contributed by atoms with E-state index in [1.54, 1.807) is 0 Å². The molecule has 11 rings (SSSR count). The summed E-state index contributed by atoms with van der Waals surface area (Å²) in [6, 6.07) is 64.6. The first-order chi connectivity index (χ1) is 26.7. The van der Waals surface area contributed by atoms with Gasteiger partial charge < -0.3 is 5.32 Å². The Labute approximate surface area is 312 Å². The first-order valence-electron chi connectivity index (χ1n) is 18.4. The normalized spacial score (nSPS) is 14.5. The Morgan fingerprint density at radius 1 is 0.426 bits per heavy atom. The Morgan fingerprint density at radius 2 is 1.06 bits per heavy atom. The molecule has 0 amide bonds. The molecule has 0 saturated carbocycles. The molecule has 0 radical (unpaired) electrons. The molecule has 252 valence electrons. The van der Waals surface area contributed by atoms with Crippen LogP contribution in [0.2, 0.25) is 0 Å². The predicted octanol–water partition coefficient (Wildman–Crippen LogP) is 12.1. The van der Waals surface area contributed by atoms with Gasteiger partial charge in [0.2, 0.25) is 0 Å². The van der Waals surface area contributed by atoms with Gasteiger partial charge in [0.05, 0.1) is 11.2 Å². The summed E-state index contributed by atoms with van der Waals surface area (Å²) in [5, 5.41) is 14.7. The molecule has 1 unspecified atom stereocenters. The van der Waals surface area contributed by atoms with Crippen LogP contribution >= 0.6 is 0 Å². The molecule has 1 aromatic heterocycles. The molecule has 0 spiro atoms. The Kier molecular flexibility index (Phi) is 6.89. The number of para-hydroxylation sites is 1. The van der Waals surface area contributed by atoms with Gasteiger partial charge in [-0.2, -0.15) is 0 Å². The number of hydrogen-bond donors (Lipinski definition) is 1. The van der Waals surface area contributed by atoms with Crippen LogP contribution in [0.5, 0.6) is 0 Å². The number of rotatable bonds is 5. The zero-order valence-corrected chi connectivity index (χ0v) is 29.2. The number of pyridine rings is 1. The van der Waals surface area contributed by atoms with Crippen LogP contribution in [0.1, 0.15) is 22.9 Å². The van der Waals surface area contributed by atoms with Crippen molar-refractivity contribution in [3.05, 3.63) is 199 Å². The van der Waals surface area contributed by atoms with E-state index >= 15 is 0 Å². The highest BCUT2D eigenvalue weighted by Gasteiger charge is 2.24. The van der Waals surface area contributed by atoms with Gasteiger partial charge in [0.25, 0.3) is 0 Å². The largest absolute Gasteiger partial charge is 0.344 e. The summed E-state index contributed by atoms with van der Waals surface area (Å²) in [4.78, 5) is 15.8. The minimum Gasteiger partial charge on any atom is -0.344 e. The summed E-state index contributed by atoms with van der Waals surface area (Å²) >= 11 is 0. The van der Waals surface area contributed by atoms with Gasteiger partial charge in [0.1, 0.15) is 12.0 Å². The number of amidine groups is 2.